The van der Waals surface area contributed by atoms with Gasteiger partial charge in [0.25, 0.3) is 0 Å². The zero-order chi connectivity index (χ0) is 4.12. The van der Waals surface area contributed by atoms with Crippen molar-refractivity contribution in [1.29, 1.82) is 0 Å². The lowest BCUT2D eigenvalue weighted by Gasteiger charge is -1.92. The normalized spacial score (nSPS) is 8.20. The minimum atomic E-state index is 0.589. The molecule has 2 heteroatoms. The predicted octanol–water partition coefficient (Wildman–Crippen LogP) is 1.07. The summed E-state index contributed by atoms with van der Waals surface area (Å²) in [5.41, 5.74) is 0. The highest BCUT2D eigenvalue weighted by Crippen LogP contribution is 1.89. The molecular formula is C3H6OS. The standard InChI is InChI=1S/C3H6OS/c1-2-3-5-4/h1-3H2. The quantitative estimate of drug-likeness (QED) is 0.374. The zero-order valence-electron chi connectivity index (χ0n) is 2.94. The summed E-state index contributed by atoms with van der Waals surface area (Å²) >= 11 is 0.589. The minimum absolute atomic E-state index is 0.589. The molecule has 0 aromatic rings. The first-order valence-corrected chi connectivity index (χ1v) is 2.37. The summed E-state index contributed by atoms with van der Waals surface area (Å²) in [4.78, 5) is 0. The van der Waals surface area contributed by atoms with Gasteiger partial charge in [0.05, 0.1) is 13.3 Å². The summed E-state index contributed by atoms with van der Waals surface area (Å²) in [6, 6.07) is 0. The van der Waals surface area contributed by atoms with Crippen molar-refractivity contribution in [2.75, 3.05) is 5.75 Å². The molecule has 1 nitrogen and oxygen atoms in total. The maximum Gasteiger partial charge on any atom is 0.0929 e. The van der Waals surface area contributed by atoms with Gasteiger partial charge in [-0.05, 0) is 0 Å². The Kier molecular flexibility index (Phi) is 4.33. The monoisotopic (exact) mass is 90.0 g/mol. The van der Waals surface area contributed by atoms with Gasteiger partial charge in [0.15, 0.2) is 0 Å². The Morgan fingerprint density at radius 3 is 2.40 bits per heavy atom. The maximum absolute atomic E-state index is 9.41. The van der Waals surface area contributed by atoms with E-state index in [-0.39, 0.29) is 0 Å². The first-order valence-electron chi connectivity index (χ1n) is 1.46. The Balaban J connectivity index is 2.19. The van der Waals surface area contributed by atoms with Crippen molar-refractivity contribution in [3.63, 3.8) is 0 Å². The van der Waals surface area contributed by atoms with E-state index in [0.717, 1.165) is 6.42 Å². The molecule has 0 amide bonds. The van der Waals surface area contributed by atoms with E-state index in [1.165, 1.54) is 0 Å². The van der Waals surface area contributed by atoms with Gasteiger partial charge in [-0.2, -0.15) is 0 Å². The Bertz CT molecular complexity index is 14.4. The van der Waals surface area contributed by atoms with Gasteiger partial charge in [-0.15, -0.1) is 0 Å². The van der Waals surface area contributed by atoms with Crippen LogP contribution in [0.25, 0.3) is 0 Å². The smallest absolute Gasteiger partial charge is 0.0929 e. The largest absolute Gasteiger partial charge is 0.799 e. The van der Waals surface area contributed by atoms with Crippen molar-refractivity contribution >= 4 is 12.0 Å². The molecule has 0 spiro atoms. The molecule has 0 atom stereocenters. The molecule has 0 aliphatic heterocycles. The summed E-state index contributed by atoms with van der Waals surface area (Å²) in [5, 5.41) is 0. The van der Waals surface area contributed by atoms with Gasteiger partial charge >= 0.3 is 0 Å². The number of hydrogen-bond donors (Lipinski definition) is 0. The second kappa shape index (κ2) is 4.18. The third-order valence-electron chi connectivity index (χ3n) is 0.228. The highest BCUT2D eigenvalue weighted by molar-refractivity contribution is 7.93. The van der Waals surface area contributed by atoms with Crippen LogP contribution < -0.4 is 0 Å². The van der Waals surface area contributed by atoms with Crippen LogP contribution in [0.5, 0.6) is 0 Å². The second-order valence-corrected chi connectivity index (χ2v) is 1.32. The Labute approximate surface area is 36.6 Å². The topological polar surface area (TPSA) is 23.1 Å². The third kappa shape index (κ3) is 4.18. The van der Waals surface area contributed by atoms with Gasteiger partial charge in [0.1, 0.15) is 0 Å². The Morgan fingerprint density at radius 1 is 1.80 bits per heavy atom. The van der Waals surface area contributed by atoms with Gasteiger partial charge in [0.2, 0.25) is 0 Å². The van der Waals surface area contributed by atoms with Gasteiger partial charge in [-0.25, -0.2) is 0 Å². The van der Waals surface area contributed by atoms with E-state index in [2.05, 4.69) is 6.92 Å². The van der Waals surface area contributed by atoms with Crippen molar-refractivity contribution in [2.24, 2.45) is 0 Å². The van der Waals surface area contributed by atoms with Crippen LogP contribution in [0.2, 0.25) is 0 Å². The average Bonchev–Trinajstić information content (AvgIpc) is 1.41. The number of hydrogen-bond acceptors (Lipinski definition) is 2. The number of rotatable bonds is 2. The summed E-state index contributed by atoms with van der Waals surface area (Å²) < 4.78 is 9.41. The lowest BCUT2D eigenvalue weighted by atomic mass is 10.6. The molecule has 0 aromatic heterocycles. The van der Waals surface area contributed by atoms with Crippen LogP contribution in [-0.2, 0) is 0 Å². The van der Waals surface area contributed by atoms with E-state index in [0.29, 0.717) is 17.8 Å². The van der Waals surface area contributed by atoms with Crippen LogP contribution >= 0.6 is 12.0 Å². The summed E-state index contributed by atoms with van der Waals surface area (Å²) in [5.74, 6) is 0.639. The summed E-state index contributed by atoms with van der Waals surface area (Å²) in [7, 11) is 0. The van der Waals surface area contributed by atoms with Crippen LogP contribution in [0.4, 0.5) is 0 Å². The van der Waals surface area contributed by atoms with E-state index < -0.39 is 0 Å². The predicted molar refractivity (Wildman–Crippen MR) is 23.2 cm³/mol. The molecule has 0 heterocycles. The van der Waals surface area contributed by atoms with Gasteiger partial charge in [0, 0.05) is 5.75 Å². The molecular weight excluding hydrogens is 84.1 g/mol. The molecule has 30 valence electrons. The first-order chi connectivity index (χ1) is 2.41. The SMILES string of the molecule is [CH2+]CCS[O-]. The van der Waals surface area contributed by atoms with Crippen molar-refractivity contribution in [3.8, 4) is 0 Å². The fourth-order valence-corrected chi connectivity index (χ4v) is 0.177. The molecule has 0 N–H and O–H groups in total. The lowest BCUT2D eigenvalue weighted by molar-refractivity contribution is 0.619. The van der Waals surface area contributed by atoms with Crippen molar-refractivity contribution < 1.29 is 4.55 Å². The third-order valence-corrected chi connectivity index (χ3v) is 0.683. The van der Waals surface area contributed by atoms with Crippen LogP contribution in [0.1, 0.15) is 6.42 Å². The highest BCUT2D eigenvalue weighted by atomic mass is 32.2. The molecule has 5 heavy (non-hydrogen) atoms. The molecule has 0 radical (unpaired) electrons. The Morgan fingerprint density at radius 2 is 2.40 bits per heavy atom. The van der Waals surface area contributed by atoms with Crippen LogP contribution in [0, 0.1) is 6.92 Å². The summed E-state index contributed by atoms with van der Waals surface area (Å²) in [6.45, 7) is 3.45. The molecule has 0 unspecified atom stereocenters. The van der Waals surface area contributed by atoms with Gasteiger partial charge in [-0.1, -0.05) is 0 Å². The minimum Gasteiger partial charge on any atom is -0.799 e. The maximum atomic E-state index is 9.41. The van der Waals surface area contributed by atoms with Gasteiger partial charge in [-0.3, -0.25) is 12.0 Å². The molecule has 0 aliphatic carbocycles. The summed E-state index contributed by atoms with van der Waals surface area (Å²) in [6.07, 6.45) is 0.744. The van der Waals surface area contributed by atoms with Crippen LogP contribution in [-0.4, -0.2) is 10.3 Å². The van der Waals surface area contributed by atoms with Crippen molar-refractivity contribution in [2.45, 2.75) is 6.42 Å². The van der Waals surface area contributed by atoms with E-state index in [4.69, 9.17) is 0 Å². The van der Waals surface area contributed by atoms with Gasteiger partial charge < -0.3 is 4.55 Å². The molecule has 0 rings (SSSR count). The molecule has 0 saturated heterocycles. The van der Waals surface area contributed by atoms with Crippen LogP contribution in [0.15, 0.2) is 0 Å². The molecule has 0 bridgehead atoms. The Hall–Kier alpha value is 0.180. The van der Waals surface area contributed by atoms with E-state index in [1.54, 1.807) is 0 Å². The zero-order valence-corrected chi connectivity index (χ0v) is 3.75. The van der Waals surface area contributed by atoms with Crippen molar-refractivity contribution in [1.82, 2.24) is 0 Å². The molecule has 0 saturated carbocycles. The van der Waals surface area contributed by atoms with E-state index >= 15 is 0 Å². The van der Waals surface area contributed by atoms with Crippen LogP contribution in [0.3, 0.4) is 0 Å². The lowest BCUT2D eigenvalue weighted by Crippen LogP contribution is -1.66. The fourth-order valence-electron chi connectivity index (χ4n) is 0.0589. The van der Waals surface area contributed by atoms with Crippen molar-refractivity contribution in [3.05, 3.63) is 6.92 Å². The van der Waals surface area contributed by atoms with E-state index in [9.17, 15) is 4.55 Å². The second-order valence-electron chi connectivity index (χ2n) is 0.676. The first kappa shape index (κ1) is 5.18. The fraction of sp³-hybridized carbons (Fsp3) is 0.667. The average molecular weight is 90.1 g/mol. The molecule has 0 fully saturated rings. The highest BCUT2D eigenvalue weighted by Gasteiger charge is 1.69. The molecule has 0 aromatic carbocycles. The molecule has 0 aliphatic rings. The van der Waals surface area contributed by atoms with E-state index in [1.807, 2.05) is 0 Å².